The van der Waals surface area contributed by atoms with E-state index in [0.29, 0.717) is 18.7 Å². The van der Waals surface area contributed by atoms with Crippen LogP contribution in [0.5, 0.6) is 0 Å². The van der Waals surface area contributed by atoms with Crippen molar-refractivity contribution in [3.8, 4) is 0 Å². The number of thioether (sulfide) groups is 1. The van der Waals surface area contributed by atoms with Gasteiger partial charge < -0.3 is 10.2 Å². The number of carbonyl (C=O) groups excluding carboxylic acids is 2. The molecule has 3 aromatic carbocycles. The molecule has 0 aliphatic rings. The topological polar surface area (TPSA) is 49.4 Å². The molecule has 0 saturated carbocycles. The monoisotopic (exact) mass is 524 g/mol. The summed E-state index contributed by atoms with van der Waals surface area (Å²) in [5.41, 5.74) is 4.41. The van der Waals surface area contributed by atoms with Crippen molar-refractivity contribution in [1.29, 1.82) is 0 Å². The predicted octanol–water partition coefficient (Wildman–Crippen LogP) is 5.38. The van der Waals surface area contributed by atoms with Crippen molar-refractivity contribution >= 4 is 39.5 Å². The number of hydrogen-bond donors (Lipinski definition) is 1. The van der Waals surface area contributed by atoms with Gasteiger partial charge in [0.2, 0.25) is 11.8 Å². The Morgan fingerprint density at radius 1 is 0.939 bits per heavy atom. The second kappa shape index (κ2) is 12.6. The van der Waals surface area contributed by atoms with Crippen LogP contribution < -0.4 is 5.32 Å². The average molecular weight is 526 g/mol. The van der Waals surface area contributed by atoms with Crippen LogP contribution in [0.15, 0.2) is 83.3 Å². The van der Waals surface area contributed by atoms with E-state index in [1.807, 2.05) is 60.7 Å². The normalized spacial score (nSPS) is 11.6. The minimum Gasteiger partial charge on any atom is -0.357 e. The first-order chi connectivity index (χ1) is 16.0. The van der Waals surface area contributed by atoms with Crippen LogP contribution in [0.25, 0.3) is 0 Å². The van der Waals surface area contributed by atoms with E-state index in [2.05, 4.69) is 46.4 Å². The average Bonchev–Trinajstić information content (AvgIpc) is 2.82. The van der Waals surface area contributed by atoms with Gasteiger partial charge >= 0.3 is 0 Å². The predicted molar refractivity (Wildman–Crippen MR) is 140 cm³/mol. The third-order valence-corrected chi connectivity index (χ3v) is 6.88. The molecule has 0 aromatic heterocycles. The Morgan fingerprint density at radius 3 is 2.30 bits per heavy atom. The molecule has 3 aromatic rings. The molecule has 1 unspecified atom stereocenters. The SMILES string of the molecule is CNC(=O)C(Cc1ccccc1)N(Cc1ccc(Br)cc1)C(=O)CSCc1cccc(C)c1. The maximum absolute atomic E-state index is 13.4. The molecular formula is C27H29BrN2O2S. The van der Waals surface area contributed by atoms with Crippen molar-refractivity contribution in [2.45, 2.75) is 31.7 Å². The van der Waals surface area contributed by atoms with Crippen molar-refractivity contribution in [3.63, 3.8) is 0 Å². The lowest BCUT2D eigenvalue weighted by Crippen LogP contribution is -2.50. The maximum Gasteiger partial charge on any atom is 0.242 e. The molecule has 0 aliphatic heterocycles. The molecule has 2 amide bonds. The molecule has 0 bridgehead atoms. The van der Waals surface area contributed by atoms with E-state index in [-0.39, 0.29) is 11.8 Å². The summed E-state index contributed by atoms with van der Waals surface area (Å²) in [6.45, 7) is 2.44. The van der Waals surface area contributed by atoms with E-state index in [1.54, 1.807) is 23.7 Å². The molecule has 172 valence electrons. The molecule has 0 heterocycles. The second-order valence-electron chi connectivity index (χ2n) is 7.95. The molecule has 0 aliphatic carbocycles. The van der Waals surface area contributed by atoms with Crippen LogP contribution in [0.1, 0.15) is 22.3 Å². The largest absolute Gasteiger partial charge is 0.357 e. The molecule has 3 rings (SSSR count). The van der Waals surface area contributed by atoms with Gasteiger partial charge in [-0.1, -0.05) is 88.2 Å². The molecule has 0 saturated heterocycles. The number of halogens is 1. The Bertz CT molecular complexity index is 1060. The zero-order valence-electron chi connectivity index (χ0n) is 19.0. The first kappa shape index (κ1) is 25.1. The molecule has 33 heavy (non-hydrogen) atoms. The molecular weight excluding hydrogens is 496 g/mol. The molecule has 0 spiro atoms. The van der Waals surface area contributed by atoms with E-state index in [4.69, 9.17) is 0 Å². The summed E-state index contributed by atoms with van der Waals surface area (Å²) in [7, 11) is 1.62. The summed E-state index contributed by atoms with van der Waals surface area (Å²) >= 11 is 5.04. The van der Waals surface area contributed by atoms with Gasteiger partial charge in [-0.2, -0.15) is 0 Å². The Kier molecular flexibility index (Phi) is 9.58. The zero-order valence-corrected chi connectivity index (χ0v) is 21.4. The summed E-state index contributed by atoms with van der Waals surface area (Å²) in [5, 5.41) is 2.76. The van der Waals surface area contributed by atoms with Gasteiger partial charge in [0.05, 0.1) is 5.75 Å². The number of amides is 2. The summed E-state index contributed by atoms with van der Waals surface area (Å²) in [4.78, 5) is 28.1. The molecule has 0 radical (unpaired) electrons. The summed E-state index contributed by atoms with van der Waals surface area (Å²) in [5.74, 6) is 0.864. The first-order valence-corrected chi connectivity index (χ1v) is 12.8. The van der Waals surface area contributed by atoms with E-state index in [9.17, 15) is 9.59 Å². The number of aryl methyl sites for hydroxylation is 1. The Morgan fingerprint density at radius 2 is 1.64 bits per heavy atom. The summed E-state index contributed by atoms with van der Waals surface area (Å²) < 4.78 is 0.977. The van der Waals surface area contributed by atoms with Crippen molar-refractivity contribution < 1.29 is 9.59 Å². The van der Waals surface area contributed by atoms with Crippen LogP contribution in [0.4, 0.5) is 0 Å². The molecule has 1 atom stereocenters. The quantitative estimate of drug-likeness (QED) is 0.387. The number of nitrogens with one attached hydrogen (secondary N) is 1. The fraction of sp³-hybridized carbons (Fsp3) is 0.259. The Balaban J connectivity index is 1.80. The number of benzene rings is 3. The van der Waals surface area contributed by atoms with Gasteiger partial charge in [-0.15, -0.1) is 11.8 Å². The lowest BCUT2D eigenvalue weighted by molar-refractivity contribution is -0.139. The van der Waals surface area contributed by atoms with Crippen LogP contribution in [0.2, 0.25) is 0 Å². The van der Waals surface area contributed by atoms with E-state index < -0.39 is 6.04 Å². The maximum atomic E-state index is 13.4. The van der Waals surface area contributed by atoms with Crippen molar-refractivity contribution in [2.24, 2.45) is 0 Å². The molecule has 0 fully saturated rings. The van der Waals surface area contributed by atoms with Gasteiger partial charge in [0.25, 0.3) is 0 Å². The van der Waals surface area contributed by atoms with E-state index in [0.717, 1.165) is 21.4 Å². The van der Waals surface area contributed by atoms with Crippen LogP contribution in [0, 0.1) is 6.92 Å². The van der Waals surface area contributed by atoms with Crippen molar-refractivity contribution in [2.75, 3.05) is 12.8 Å². The summed E-state index contributed by atoms with van der Waals surface area (Å²) in [6.07, 6.45) is 0.464. The zero-order chi connectivity index (χ0) is 23.6. The van der Waals surface area contributed by atoms with Crippen LogP contribution in [0.3, 0.4) is 0 Å². The number of hydrogen-bond acceptors (Lipinski definition) is 3. The third kappa shape index (κ3) is 7.76. The number of nitrogens with zero attached hydrogens (tertiary/aromatic N) is 1. The highest BCUT2D eigenvalue weighted by atomic mass is 79.9. The van der Waals surface area contributed by atoms with Crippen molar-refractivity contribution in [3.05, 3.63) is 106 Å². The fourth-order valence-corrected chi connectivity index (χ4v) is 4.77. The lowest BCUT2D eigenvalue weighted by atomic mass is 10.0. The van der Waals surface area contributed by atoms with Gasteiger partial charge in [0.1, 0.15) is 6.04 Å². The first-order valence-electron chi connectivity index (χ1n) is 10.9. The van der Waals surface area contributed by atoms with Gasteiger partial charge in [0, 0.05) is 30.2 Å². The third-order valence-electron chi connectivity index (χ3n) is 5.36. The van der Waals surface area contributed by atoms with Crippen LogP contribution in [-0.2, 0) is 28.3 Å². The van der Waals surface area contributed by atoms with Crippen LogP contribution in [-0.4, -0.2) is 35.6 Å². The Labute approximate surface area is 208 Å². The second-order valence-corrected chi connectivity index (χ2v) is 9.85. The van der Waals surface area contributed by atoms with Gasteiger partial charge in [-0.05, 0) is 35.7 Å². The number of carbonyl (C=O) groups is 2. The smallest absolute Gasteiger partial charge is 0.242 e. The van der Waals surface area contributed by atoms with Crippen molar-refractivity contribution in [1.82, 2.24) is 10.2 Å². The van der Waals surface area contributed by atoms with Gasteiger partial charge in [-0.25, -0.2) is 0 Å². The molecule has 4 nitrogen and oxygen atoms in total. The standard InChI is InChI=1S/C27H29BrN2O2S/c1-20-7-6-10-23(15-20)18-33-19-26(31)30(17-22-11-13-24(28)14-12-22)25(27(32)29-2)16-21-8-4-3-5-9-21/h3-15,25H,16-19H2,1-2H3,(H,29,32). The number of likely N-dealkylation sites (N-methyl/N-ethyl adjacent to an activating group) is 1. The van der Waals surface area contributed by atoms with Gasteiger partial charge in [0.15, 0.2) is 0 Å². The van der Waals surface area contributed by atoms with Gasteiger partial charge in [-0.3, -0.25) is 9.59 Å². The summed E-state index contributed by atoms with van der Waals surface area (Å²) in [6, 6.07) is 25.4. The lowest BCUT2D eigenvalue weighted by Gasteiger charge is -2.31. The highest BCUT2D eigenvalue weighted by Gasteiger charge is 2.29. The highest BCUT2D eigenvalue weighted by molar-refractivity contribution is 9.10. The fourth-order valence-electron chi connectivity index (χ4n) is 3.65. The molecule has 6 heteroatoms. The number of rotatable bonds is 10. The minimum atomic E-state index is -0.590. The van der Waals surface area contributed by atoms with E-state index in [1.165, 1.54) is 11.1 Å². The molecule has 1 N–H and O–H groups in total. The Hall–Kier alpha value is -2.57. The highest BCUT2D eigenvalue weighted by Crippen LogP contribution is 2.20. The van der Waals surface area contributed by atoms with Crippen LogP contribution >= 0.6 is 27.7 Å². The van der Waals surface area contributed by atoms with E-state index >= 15 is 0 Å². The minimum absolute atomic E-state index is 0.0416.